The highest BCUT2D eigenvalue weighted by Gasteiger charge is 2.09. The van der Waals surface area contributed by atoms with Crippen LogP contribution in [0.4, 0.5) is 0 Å². The molecule has 114 valence electrons. The van der Waals surface area contributed by atoms with Crippen molar-refractivity contribution in [3.05, 3.63) is 71.3 Å². The lowest BCUT2D eigenvalue weighted by Gasteiger charge is -2.08. The summed E-state index contributed by atoms with van der Waals surface area (Å²) in [4.78, 5) is 23.8. The van der Waals surface area contributed by atoms with E-state index in [4.69, 9.17) is 0 Å². The van der Waals surface area contributed by atoms with Gasteiger partial charge in [-0.05, 0) is 29.8 Å². The molecule has 0 aliphatic heterocycles. The Labute approximate surface area is 131 Å². The first-order valence-corrected chi connectivity index (χ1v) is 8.33. The van der Waals surface area contributed by atoms with Gasteiger partial charge in [0.25, 0.3) is 11.8 Å². The highest BCUT2D eigenvalue weighted by molar-refractivity contribution is 7.83. The summed E-state index contributed by atoms with van der Waals surface area (Å²) in [6.07, 6.45) is 1.60. The second kappa shape index (κ2) is 7.51. The highest BCUT2D eigenvalue weighted by Crippen LogP contribution is 2.07. The summed E-state index contributed by atoms with van der Waals surface area (Å²) in [5.41, 5.74) is 6.39. The lowest BCUT2D eigenvalue weighted by atomic mass is 10.1. The maximum absolute atomic E-state index is 12.0. The third-order valence-electron chi connectivity index (χ3n) is 2.88. The highest BCUT2D eigenvalue weighted by atomic mass is 32.2. The van der Waals surface area contributed by atoms with Crippen LogP contribution in [0.25, 0.3) is 0 Å². The van der Waals surface area contributed by atoms with Crippen LogP contribution in [-0.4, -0.2) is 22.3 Å². The van der Waals surface area contributed by atoms with E-state index in [0.717, 1.165) is 5.56 Å². The van der Waals surface area contributed by atoms with Crippen LogP contribution in [0.1, 0.15) is 26.3 Å². The van der Waals surface area contributed by atoms with Gasteiger partial charge in [-0.2, -0.15) is 0 Å². The van der Waals surface area contributed by atoms with E-state index in [1.165, 1.54) is 0 Å². The van der Waals surface area contributed by atoms with Crippen molar-refractivity contribution in [2.24, 2.45) is 0 Å². The Morgan fingerprint density at radius 3 is 2.14 bits per heavy atom. The molecule has 2 amide bonds. The molecule has 2 aromatic carbocycles. The number of hydrogen-bond donors (Lipinski definition) is 2. The lowest BCUT2D eigenvalue weighted by molar-refractivity contribution is 0.0846. The Morgan fingerprint density at radius 1 is 0.909 bits per heavy atom. The molecule has 2 aromatic rings. The minimum Gasteiger partial charge on any atom is -0.267 e. The molecule has 0 aliphatic rings. The molecular formula is C16H16N2O3S. The summed E-state index contributed by atoms with van der Waals surface area (Å²) >= 11 is 0. The van der Waals surface area contributed by atoms with E-state index in [9.17, 15) is 13.8 Å². The number of amides is 2. The minimum absolute atomic E-state index is 0.386. The van der Waals surface area contributed by atoms with Crippen molar-refractivity contribution in [2.45, 2.75) is 5.75 Å². The number of hydrazine groups is 1. The Bertz CT molecular complexity index is 702. The summed E-state index contributed by atoms with van der Waals surface area (Å²) in [6.45, 7) is 0. The Kier molecular flexibility index (Phi) is 5.43. The number of carbonyl (C=O) groups excluding carboxylic acids is 2. The van der Waals surface area contributed by atoms with Crippen molar-refractivity contribution in [3.8, 4) is 0 Å². The van der Waals surface area contributed by atoms with Crippen molar-refractivity contribution in [2.75, 3.05) is 6.26 Å². The van der Waals surface area contributed by atoms with Gasteiger partial charge in [0.2, 0.25) is 0 Å². The molecule has 1 unspecified atom stereocenters. The topological polar surface area (TPSA) is 75.3 Å². The predicted octanol–water partition coefficient (Wildman–Crippen LogP) is 1.64. The van der Waals surface area contributed by atoms with Gasteiger partial charge >= 0.3 is 0 Å². The van der Waals surface area contributed by atoms with E-state index >= 15 is 0 Å². The van der Waals surface area contributed by atoms with Crippen molar-refractivity contribution < 1.29 is 13.8 Å². The number of benzene rings is 2. The molecule has 22 heavy (non-hydrogen) atoms. The van der Waals surface area contributed by atoms with Gasteiger partial charge in [-0.1, -0.05) is 30.3 Å². The number of nitrogens with one attached hydrogen (secondary N) is 2. The number of rotatable bonds is 4. The van der Waals surface area contributed by atoms with Crippen molar-refractivity contribution >= 4 is 22.6 Å². The molecule has 0 saturated heterocycles. The first kappa shape index (κ1) is 15.9. The summed E-state index contributed by atoms with van der Waals surface area (Å²) in [7, 11) is -0.975. The van der Waals surface area contributed by atoms with E-state index in [0.29, 0.717) is 16.9 Å². The van der Waals surface area contributed by atoms with Gasteiger partial charge in [-0.15, -0.1) is 0 Å². The first-order chi connectivity index (χ1) is 10.6. The largest absolute Gasteiger partial charge is 0.269 e. The zero-order valence-corrected chi connectivity index (χ0v) is 12.9. The molecule has 0 fully saturated rings. The zero-order valence-electron chi connectivity index (χ0n) is 12.0. The predicted molar refractivity (Wildman–Crippen MR) is 85.6 cm³/mol. The van der Waals surface area contributed by atoms with Crippen molar-refractivity contribution in [3.63, 3.8) is 0 Å². The number of hydrogen-bond acceptors (Lipinski definition) is 3. The van der Waals surface area contributed by atoms with E-state index < -0.39 is 16.7 Å². The summed E-state index contributed by atoms with van der Waals surface area (Å²) in [5, 5.41) is 0. The fourth-order valence-electron chi connectivity index (χ4n) is 1.88. The summed E-state index contributed by atoms with van der Waals surface area (Å²) in [5.74, 6) is -0.426. The van der Waals surface area contributed by atoms with Gasteiger partial charge in [0, 0.05) is 33.9 Å². The van der Waals surface area contributed by atoms with Crippen LogP contribution in [-0.2, 0) is 16.6 Å². The fraction of sp³-hybridized carbons (Fsp3) is 0.125. The van der Waals surface area contributed by atoms with E-state index in [-0.39, 0.29) is 5.91 Å². The minimum atomic E-state index is -0.975. The zero-order chi connectivity index (χ0) is 15.9. The molecular weight excluding hydrogens is 300 g/mol. The molecule has 2 N–H and O–H groups in total. The third-order valence-corrected chi connectivity index (χ3v) is 3.62. The molecule has 0 heterocycles. The molecule has 0 spiro atoms. The van der Waals surface area contributed by atoms with Crippen molar-refractivity contribution in [1.29, 1.82) is 0 Å². The fourth-order valence-corrected chi connectivity index (χ4v) is 2.53. The van der Waals surface area contributed by atoms with Crippen LogP contribution >= 0.6 is 0 Å². The third kappa shape index (κ3) is 4.53. The van der Waals surface area contributed by atoms with Gasteiger partial charge in [0.05, 0.1) is 0 Å². The molecule has 0 aliphatic carbocycles. The van der Waals surface area contributed by atoms with E-state index in [1.807, 2.05) is 0 Å². The molecule has 6 heteroatoms. The Balaban J connectivity index is 1.98. The van der Waals surface area contributed by atoms with E-state index in [1.54, 1.807) is 60.9 Å². The quantitative estimate of drug-likeness (QED) is 0.842. The normalized spacial score (nSPS) is 11.5. The average Bonchev–Trinajstić information content (AvgIpc) is 2.52. The van der Waals surface area contributed by atoms with Gasteiger partial charge in [-0.25, -0.2) is 0 Å². The molecule has 0 saturated carbocycles. The lowest BCUT2D eigenvalue weighted by Crippen LogP contribution is -2.41. The molecule has 0 radical (unpaired) electrons. The maximum Gasteiger partial charge on any atom is 0.269 e. The molecule has 0 bridgehead atoms. The van der Waals surface area contributed by atoms with Crippen LogP contribution in [0.15, 0.2) is 54.6 Å². The van der Waals surface area contributed by atoms with Gasteiger partial charge < -0.3 is 0 Å². The SMILES string of the molecule is CS(=O)Cc1cccc(C(=O)NNC(=O)c2ccccc2)c1. The summed E-state index contributed by atoms with van der Waals surface area (Å²) < 4.78 is 11.2. The van der Waals surface area contributed by atoms with E-state index in [2.05, 4.69) is 10.9 Å². The Morgan fingerprint density at radius 2 is 1.50 bits per heavy atom. The molecule has 5 nitrogen and oxygen atoms in total. The smallest absolute Gasteiger partial charge is 0.267 e. The molecule has 1 atom stereocenters. The molecule has 0 aromatic heterocycles. The molecule has 2 rings (SSSR count). The van der Waals surface area contributed by atoms with Crippen LogP contribution in [0.5, 0.6) is 0 Å². The number of carbonyl (C=O) groups is 2. The second-order valence-electron chi connectivity index (χ2n) is 4.69. The van der Waals surface area contributed by atoms with Gasteiger partial charge in [-0.3, -0.25) is 24.6 Å². The second-order valence-corrected chi connectivity index (χ2v) is 6.13. The Hall–Kier alpha value is -2.47. The van der Waals surface area contributed by atoms with Crippen molar-refractivity contribution in [1.82, 2.24) is 10.9 Å². The van der Waals surface area contributed by atoms with Gasteiger partial charge in [0.1, 0.15) is 0 Å². The van der Waals surface area contributed by atoms with Crippen LogP contribution < -0.4 is 10.9 Å². The standard InChI is InChI=1S/C16H16N2O3S/c1-22(21)11-12-6-5-9-14(10-12)16(20)18-17-15(19)13-7-3-2-4-8-13/h2-10H,11H2,1H3,(H,17,19)(H,18,20). The van der Waals surface area contributed by atoms with Crippen LogP contribution in [0.3, 0.4) is 0 Å². The summed E-state index contributed by atoms with van der Waals surface area (Å²) in [6, 6.07) is 15.4. The van der Waals surface area contributed by atoms with Crippen LogP contribution in [0.2, 0.25) is 0 Å². The average molecular weight is 316 g/mol. The first-order valence-electron chi connectivity index (χ1n) is 6.61. The van der Waals surface area contributed by atoms with Crippen LogP contribution in [0, 0.1) is 0 Å². The maximum atomic E-state index is 12.0. The monoisotopic (exact) mass is 316 g/mol. The van der Waals surface area contributed by atoms with Gasteiger partial charge in [0.15, 0.2) is 0 Å².